The Morgan fingerprint density at radius 2 is 2.05 bits per heavy atom. The molecule has 1 rings (SSSR count). The third-order valence-corrected chi connectivity index (χ3v) is 4.57. The molecule has 1 aromatic carbocycles. The van der Waals surface area contributed by atoms with E-state index < -0.39 is 28.5 Å². The van der Waals surface area contributed by atoms with Crippen LogP contribution in [0.3, 0.4) is 0 Å². The molecule has 0 unspecified atom stereocenters. The van der Waals surface area contributed by atoms with E-state index in [-0.39, 0.29) is 21.5 Å². The predicted molar refractivity (Wildman–Crippen MR) is 72.9 cm³/mol. The molecule has 0 saturated heterocycles. The molecule has 9 heteroatoms. The summed E-state index contributed by atoms with van der Waals surface area (Å²) in [6, 6.07) is 3.57. The SMILES string of the molecule is CCOC(=O)CNS(=O)(=O)c1cc(C(=O)O)ccc1Br. The van der Waals surface area contributed by atoms with Crippen LogP contribution in [0.25, 0.3) is 0 Å². The average Bonchev–Trinajstić information content (AvgIpc) is 2.37. The second-order valence-electron chi connectivity index (χ2n) is 3.58. The highest BCUT2D eigenvalue weighted by atomic mass is 79.9. The standard InChI is InChI=1S/C11H12BrNO6S/c1-2-19-10(14)6-13-20(17,18)9-5-7(11(15)16)3-4-8(9)12/h3-5,13H,2,6H2,1H3,(H,15,16). The van der Waals surface area contributed by atoms with Gasteiger partial charge in [-0.3, -0.25) is 4.79 Å². The summed E-state index contributed by atoms with van der Waals surface area (Å²) < 4.78 is 30.8. The van der Waals surface area contributed by atoms with Crippen molar-refractivity contribution in [1.82, 2.24) is 4.72 Å². The number of halogens is 1. The fourth-order valence-electron chi connectivity index (χ4n) is 1.29. The van der Waals surface area contributed by atoms with Gasteiger partial charge < -0.3 is 9.84 Å². The lowest BCUT2D eigenvalue weighted by molar-refractivity contribution is -0.141. The molecule has 0 fully saturated rings. The van der Waals surface area contributed by atoms with Gasteiger partial charge in [-0.2, -0.15) is 4.72 Å². The van der Waals surface area contributed by atoms with Gasteiger partial charge in [-0.05, 0) is 41.1 Å². The molecule has 7 nitrogen and oxygen atoms in total. The van der Waals surface area contributed by atoms with Gasteiger partial charge >= 0.3 is 11.9 Å². The van der Waals surface area contributed by atoms with E-state index in [1.54, 1.807) is 6.92 Å². The average molecular weight is 366 g/mol. The summed E-state index contributed by atoms with van der Waals surface area (Å²) in [5, 5.41) is 8.85. The number of carbonyl (C=O) groups excluding carboxylic acids is 1. The van der Waals surface area contributed by atoms with Crippen molar-refractivity contribution >= 4 is 37.9 Å². The minimum absolute atomic E-state index is 0.138. The Kier molecular flexibility index (Phi) is 5.66. The predicted octanol–water partition coefficient (Wildman–Crippen LogP) is 0.989. The number of benzene rings is 1. The highest BCUT2D eigenvalue weighted by Gasteiger charge is 2.20. The summed E-state index contributed by atoms with van der Waals surface area (Å²) in [6.45, 7) is 1.21. The van der Waals surface area contributed by atoms with Gasteiger partial charge in [0.2, 0.25) is 10.0 Å². The largest absolute Gasteiger partial charge is 0.478 e. The van der Waals surface area contributed by atoms with E-state index >= 15 is 0 Å². The van der Waals surface area contributed by atoms with Crippen LogP contribution in [0.1, 0.15) is 17.3 Å². The van der Waals surface area contributed by atoms with E-state index in [1.807, 2.05) is 4.72 Å². The van der Waals surface area contributed by atoms with E-state index in [4.69, 9.17) is 5.11 Å². The number of esters is 1. The van der Waals surface area contributed by atoms with E-state index in [0.717, 1.165) is 6.07 Å². The lowest BCUT2D eigenvalue weighted by Gasteiger charge is -2.09. The molecule has 0 aliphatic rings. The Hall–Kier alpha value is -1.45. The molecule has 0 spiro atoms. The number of carbonyl (C=O) groups is 2. The molecule has 1 aromatic rings. The number of carboxylic acid groups (broad SMARTS) is 1. The van der Waals surface area contributed by atoms with Gasteiger partial charge in [0, 0.05) is 4.47 Å². The van der Waals surface area contributed by atoms with Crippen molar-refractivity contribution in [2.45, 2.75) is 11.8 Å². The number of sulfonamides is 1. The Morgan fingerprint density at radius 1 is 1.40 bits per heavy atom. The Bertz CT molecular complexity index is 628. The van der Waals surface area contributed by atoms with Crippen molar-refractivity contribution in [2.75, 3.05) is 13.2 Å². The molecule has 0 aliphatic carbocycles. The van der Waals surface area contributed by atoms with Gasteiger partial charge in [0.15, 0.2) is 0 Å². The van der Waals surface area contributed by atoms with Crippen molar-refractivity contribution in [3.63, 3.8) is 0 Å². The third-order valence-electron chi connectivity index (χ3n) is 2.18. The van der Waals surface area contributed by atoms with Crippen LogP contribution < -0.4 is 4.72 Å². The Balaban J connectivity index is 3.00. The molecule has 0 heterocycles. The first-order valence-electron chi connectivity index (χ1n) is 5.46. The Morgan fingerprint density at radius 3 is 2.60 bits per heavy atom. The van der Waals surface area contributed by atoms with Gasteiger partial charge in [0.25, 0.3) is 0 Å². The van der Waals surface area contributed by atoms with Crippen molar-refractivity contribution in [3.8, 4) is 0 Å². The summed E-state index contributed by atoms with van der Waals surface area (Å²) in [6.07, 6.45) is 0. The first-order valence-corrected chi connectivity index (χ1v) is 7.73. The lowest BCUT2D eigenvalue weighted by atomic mass is 10.2. The zero-order chi connectivity index (χ0) is 15.3. The molecule has 110 valence electrons. The molecule has 20 heavy (non-hydrogen) atoms. The van der Waals surface area contributed by atoms with Gasteiger partial charge in [0.05, 0.1) is 17.1 Å². The topological polar surface area (TPSA) is 110 Å². The maximum Gasteiger partial charge on any atom is 0.335 e. The minimum Gasteiger partial charge on any atom is -0.478 e. The number of carboxylic acids is 1. The smallest absolute Gasteiger partial charge is 0.335 e. The van der Waals surface area contributed by atoms with E-state index in [9.17, 15) is 18.0 Å². The third kappa shape index (κ3) is 4.29. The van der Waals surface area contributed by atoms with Crippen LogP contribution in [0.4, 0.5) is 0 Å². The molecule has 2 N–H and O–H groups in total. The fraction of sp³-hybridized carbons (Fsp3) is 0.273. The molecule has 0 aliphatic heterocycles. The Labute approximate surface area is 124 Å². The number of rotatable bonds is 6. The van der Waals surface area contributed by atoms with Crippen LogP contribution in [-0.2, 0) is 19.6 Å². The van der Waals surface area contributed by atoms with Crippen LogP contribution in [0.2, 0.25) is 0 Å². The lowest BCUT2D eigenvalue weighted by Crippen LogP contribution is -2.31. The van der Waals surface area contributed by atoms with Crippen molar-refractivity contribution in [3.05, 3.63) is 28.2 Å². The minimum atomic E-state index is -4.02. The summed E-state index contributed by atoms with van der Waals surface area (Å²) in [4.78, 5) is 21.7. The summed E-state index contributed by atoms with van der Waals surface area (Å²) in [7, 11) is -4.02. The van der Waals surface area contributed by atoms with Gasteiger partial charge in [-0.25, -0.2) is 13.2 Å². The van der Waals surface area contributed by atoms with Gasteiger partial charge in [-0.15, -0.1) is 0 Å². The molecule has 0 atom stereocenters. The second kappa shape index (κ2) is 6.82. The normalized spacial score (nSPS) is 11.1. The summed E-state index contributed by atoms with van der Waals surface area (Å²) >= 11 is 3.02. The quantitative estimate of drug-likeness (QED) is 0.727. The van der Waals surface area contributed by atoms with E-state index in [0.29, 0.717) is 0 Å². The van der Waals surface area contributed by atoms with Crippen LogP contribution in [0, 0.1) is 0 Å². The molecule has 0 radical (unpaired) electrons. The van der Waals surface area contributed by atoms with Gasteiger partial charge in [0.1, 0.15) is 6.54 Å². The molecular formula is C11H12BrNO6S. The van der Waals surface area contributed by atoms with Crippen molar-refractivity contribution in [2.24, 2.45) is 0 Å². The van der Waals surface area contributed by atoms with Crippen LogP contribution in [-0.4, -0.2) is 38.6 Å². The zero-order valence-electron chi connectivity index (χ0n) is 10.4. The van der Waals surface area contributed by atoms with Crippen LogP contribution in [0.15, 0.2) is 27.6 Å². The summed E-state index contributed by atoms with van der Waals surface area (Å²) in [5.74, 6) is -1.97. The van der Waals surface area contributed by atoms with Crippen LogP contribution >= 0.6 is 15.9 Å². The molecule has 0 aromatic heterocycles. The number of hydrogen-bond acceptors (Lipinski definition) is 5. The zero-order valence-corrected chi connectivity index (χ0v) is 12.8. The maximum atomic E-state index is 12.0. The first-order chi connectivity index (χ1) is 9.27. The number of hydrogen-bond donors (Lipinski definition) is 2. The second-order valence-corrected chi connectivity index (χ2v) is 6.17. The molecule has 0 amide bonds. The number of nitrogens with one attached hydrogen (secondary N) is 1. The highest BCUT2D eigenvalue weighted by Crippen LogP contribution is 2.23. The monoisotopic (exact) mass is 365 g/mol. The molecular weight excluding hydrogens is 354 g/mol. The van der Waals surface area contributed by atoms with E-state index in [1.165, 1.54) is 12.1 Å². The first kappa shape index (κ1) is 16.6. The highest BCUT2D eigenvalue weighted by molar-refractivity contribution is 9.10. The molecule has 0 bridgehead atoms. The molecule has 0 saturated carbocycles. The summed E-state index contributed by atoms with van der Waals surface area (Å²) in [5.41, 5.74) is -0.176. The van der Waals surface area contributed by atoms with Crippen molar-refractivity contribution in [1.29, 1.82) is 0 Å². The maximum absolute atomic E-state index is 12.0. The van der Waals surface area contributed by atoms with Crippen LogP contribution in [0.5, 0.6) is 0 Å². The van der Waals surface area contributed by atoms with Gasteiger partial charge in [-0.1, -0.05) is 0 Å². The van der Waals surface area contributed by atoms with Crippen molar-refractivity contribution < 1.29 is 27.9 Å². The number of aromatic carboxylic acids is 1. The fourth-order valence-corrected chi connectivity index (χ4v) is 3.24. The van der Waals surface area contributed by atoms with E-state index in [2.05, 4.69) is 20.7 Å². The number of ether oxygens (including phenoxy) is 1.